The van der Waals surface area contributed by atoms with E-state index >= 15 is 0 Å². The molecule has 0 bridgehead atoms. The number of imide groups is 1. The van der Waals surface area contributed by atoms with E-state index in [2.05, 4.69) is 5.32 Å². The van der Waals surface area contributed by atoms with Crippen molar-refractivity contribution in [3.05, 3.63) is 99.6 Å². The molecule has 6 rings (SSSR count). The zero-order chi connectivity index (χ0) is 25.8. The summed E-state index contributed by atoms with van der Waals surface area (Å²) in [7, 11) is 0. The van der Waals surface area contributed by atoms with Crippen molar-refractivity contribution in [2.45, 2.75) is 12.1 Å². The molecule has 37 heavy (non-hydrogen) atoms. The Bertz CT molecular complexity index is 1500. The Morgan fingerprint density at radius 2 is 1.54 bits per heavy atom. The van der Waals surface area contributed by atoms with Crippen molar-refractivity contribution in [2.75, 3.05) is 15.1 Å². The monoisotopic (exact) mass is 514 g/mol. The van der Waals surface area contributed by atoms with Gasteiger partial charge in [-0.05, 0) is 35.9 Å². The maximum absolute atomic E-state index is 13.8. The summed E-state index contributed by atoms with van der Waals surface area (Å²) >= 11 is 6.34. The topological polar surface area (TPSA) is 113 Å². The quantitative estimate of drug-likeness (QED) is 0.316. The molecule has 9 nitrogen and oxygen atoms in total. The number of benzene rings is 3. The number of nitro benzene ring substituents is 1. The van der Waals surface area contributed by atoms with Crippen LogP contribution < -0.4 is 15.1 Å². The van der Waals surface area contributed by atoms with Crippen LogP contribution in [0.1, 0.15) is 5.56 Å². The van der Waals surface area contributed by atoms with Gasteiger partial charge in [-0.2, -0.15) is 0 Å². The number of nitro groups is 1. The second-order valence-electron chi connectivity index (χ2n) is 9.07. The number of carbonyl (C=O) groups is 3. The smallest absolute Gasteiger partial charge is 0.269 e. The number of carbonyl (C=O) groups excluding carboxylic acids is 3. The number of non-ortho nitro benzene ring substituents is 1. The highest BCUT2D eigenvalue weighted by Crippen LogP contribution is 2.49. The lowest BCUT2D eigenvalue weighted by atomic mass is 9.88. The van der Waals surface area contributed by atoms with Crippen molar-refractivity contribution in [1.82, 2.24) is 0 Å². The van der Waals surface area contributed by atoms with Gasteiger partial charge in [0.25, 0.3) is 5.69 Å². The fraction of sp³-hybridized carbons (Fsp3) is 0.148. The molecule has 184 valence electrons. The minimum Gasteiger partial charge on any atom is -0.351 e. The summed E-state index contributed by atoms with van der Waals surface area (Å²) < 4.78 is 0. The minimum atomic E-state index is -1.000. The van der Waals surface area contributed by atoms with E-state index in [0.717, 1.165) is 16.2 Å². The van der Waals surface area contributed by atoms with Crippen LogP contribution in [0, 0.1) is 22.0 Å². The Labute approximate surface area is 216 Å². The summed E-state index contributed by atoms with van der Waals surface area (Å²) in [6.45, 7) is 0. The number of hydrogen-bond acceptors (Lipinski definition) is 6. The van der Waals surface area contributed by atoms with Crippen LogP contribution in [0.5, 0.6) is 0 Å². The Balaban J connectivity index is 1.42. The largest absolute Gasteiger partial charge is 0.351 e. The van der Waals surface area contributed by atoms with E-state index in [4.69, 9.17) is 11.6 Å². The molecule has 0 saturated carbocycles. The van der Waals surface area contributed by atoms with Crippen molar-refractivity contribution >= 4 is 58.1 Å². The van der Waals surface area contributed by atoms with Crippen LogP contribution >= 0.6 is 11.6 Å². The fourth-order valence-corrected chi connectivity index (χ4v) is 5.79. The molecular weight excluding hydrogens is 496 g/mol. The number of nitrogens with zero attached hydrogens (tertiary/aromatic N) is 3. The van der Waals surface area contributed by atoms with Gasteiger partial charge in [0.2, 0.25) is 17.7 Å². The predicted molar refractivity (Wildman–Crippen MR) is 138 cm³/mol. The van der Waals surface area contributed by atoms with Crippen molar-refractivity contribution < 1.29 is 19.3 Å². The molecule has 2 saturated heterocycles. The molecule has 0 spiro atoms. The molecule has 3 aliphatic rings. The molecule has 2 fully saturated rings. The summed E-state index contributed by atoms with van der Waals surface area (Å²) in [6.07, 6.45) is 3.76. The highest BCUT2D eigenvalue weighted by Gasteiger charge is 2.64. The summed E-state index contributed by atoms with van der Waals surface area (Å²) in [5.41, 5.74) is 2.14. The minimum absolute atomic E-state index is 0.110. The summed E-state index contributed by atoms with van der Waals surface area (Å²) in [6, 6.07) is 18.0. The maximum atomic E-state index is 13.8. The van der Waals surface area contributed by atoms with Crippen LogP contribution in [-0.4, -0.2) is 34.7 Å². The zero-order valence-electron chi connectivity index (χ0n) is 19.2. The molecule has 4 atom stereocenters. The standard InChI is InChI=1S/C27H19ClN4O5/c28-18-6-2-4-8-20(18)31-26(34)22-21-14-9-15-5-1-3-7-19(15)30(21)24(23(22)27(31)35)25(33)29-16-10-12-17(13-11-16)32(36)37/h1-14,21-24H,(H,29,33)/t21-,22+,23-,24-/m0/s1. The second kappa shape index (κ2) is 8.56. The molecule has 1 N–H and O–H groups in total. The van der Waals surface area contributed by atoms with Crippen LogP contribution in [-0.2, 0) is 14.4 Å². The van der Waals surface area contributed by atoms with E-state index in [9.17, 15) is 24.5 Å². The first-order valence-electron chi connectivity index (χ1n) is 11.6. The fourth-order valence-electron chi connectivity index (χ4n) is 5.57. The van der Waals surface area contributed by atoms with Crippen LogP contribution in [0.2, 0.25) is 5.02 Å². The first-order valence-corrected chi connectivity index (χ1v) is 12.0. The first-order chi connectivity index (χ1) is 17.9. The van der Waals surface area contributed by atoms with E-state index in [1.165, 1.54) is 24.3 Å². The number of halogens is 1. The normalized spacial score (nSPS) is 23.5. The Morgan fingerprint density at radius 3 is 2.24 bits per heavy atom. The number of para-hydroxylation sites is 2. The third kappa shape index (κ3) is 3.50. The Hall–Kier alpha value is -4.50. The summed E-state index contributed by atoms with van der Waals surface area (Å²) in [4.78, 5) is 54.8. The van der Waals surface area contributed by atoms with Gasteiger partial charge in [-0.1, -0.05) is 54.1 Å². The van der Waals surface area contributed by atoms with Gasteiger partial charge in [0.05, 0.1) is 33.5 Å². The van der Waals surface area contributed by atoms with Gasteiger partial charge in [0.15, 0.2) is 0 Å². The number of nitrogens with one attached hydrogen (secondary N) is 1. The molecule has 3 aromatic rings. The van der Waals surface area contributed by atoms with Gasteiger partial charge in [-0.15, -0.1) is 0 Å². The van der Waals surface area contributed by atoms with E-state index in [1.54, 1.807) is 24.3 Å². The van der Waals surface area contributed by atoms with Gasteiger partial charge in [-0.3, -0.25) is 24.5 Å². The third-order valence-corrected chi connectivity index (χ3v) is 7.44. The second-order valence-corrected chi connectivity index (χ2v) is 9.48. The first kappa shape index (κ1) is 22.9. The lowest BCUT2D eigenvalue weighted by Gasteiger charge is -2.36. The molecule has 0 aliphatic carbocycles. The molecule has 3 aliphatic heterocycles. The molecule has 0 unspecified atom stereocenters. The van der Waals surface area contributed by atoms with E-state index < -0.39 is 46.6 Å². The molecule has 10 heteroatoms. The average molecular weight is 515 g/mol. The van der Waals surface area contributed by atoms with Gasteiger partial charge in [-0.25, -0.2) is 4.90 Å². The number of fused-ring (bicyclic) bond motifs is 5. The zero-order valence-corrected chi connectivity index (χ0v) is 19.9. The van der Waals surface area contributed by atoms with Crippen molar-refractivity contribution in [1.29, 1.82) is 0 Å². The number of amides is 3. The van der Waals surface area contributed by atoms with Gasteiger partial charge in [0.1, 0.15) is 6.04 Å². The molecule has 0 radical (unpaired) electrons. The van der Waals surface area contributed by atoms with Crippen LogP contribution in [0.4, 0.5) is 22.7 Å². The number of hydrogen-bond donors (Lipinski definition) is 1. The van der Waals surface area contributed by atoms with Crippen LogP contribution in [0.15, 0.2) is 78.9 Å². The predicted octanol–water partition coefficient (Wildman–Crippen LogP) is 4.28. The van der Waals surface area contributed by atoms with E-state index in [1.807, 2.05) is 41.3 Å². The van der Waals surface area contributed by atoms with Gasteiger partial charge < -0.3 is 10.2 Å². The Morgan fingerprint density at radius 1 is 0.892 bits per heavy atom. The molecule has 3 heterocycles. The summed E-state index contributed by atoms with van der Waals surface area (Å²) in [5.74, 6) is -3.14. The highest BCUT2D eigenvalue weighted by atomic mass is 35.5. The van der Waals surface area contributed by atoms with E-state index in [-0.39, 0.29) is 16.4 Å². The molecule has 3 aromatic carbocycles. The van der Waals surface area contributed by atoms with Crippen LogP contribution in [0.3, 0.4) is 0 Å². The SMILES string of the molecule is O=C(Nc1ccc([N+](=O)[O-])cc1)[C@@H]1[C@H]2C(=O)N(c3ccccc3Cl)C(=O)[C@@H]2[C@@H]2C=Cc3ccccc3N12. The van der Waals surface area contributed by atoms with Crippen molar-refractivity contribution in [3.63, 3.8) is 0 Å². The van der Waals surface area contributed by atoms with Crippen LogP contribution in [0.25, 0.3) is 6.08 Å². The van der Waals surface area contributed by atoms with E-state index in [0.29, 0.717) is 5.69 Å². The van der Waals surface area contributed by atoms with Crippen molar-refractivity contribution in [2.24, 2.45) is 11.8 Å². The lowest BCUT2D eigenvalue weighted by Crippen LogP contribution is -2.50. The third-order valence-electron chi connectivity index (χ3n) is 7.12. The maximum Gasteiger partial charge on any atom is 0.269 e. The number of rotatable bonds is 4. The molecule has 0 aromatic heterocycles. The molecular formula is C27H19ClN4O5. The lowest BCUT2D eigenvalue weighted by molar-refractivity contribution is -0.384. The van der Waals surface area contributed by atoms with Gasteiger partial charge in [0, 0.05) is 23.5 Å². The molecule has 3 amide bonds. The summed E-state index contributed by atoms with van der Waals surface area (Å²) in [5, 5.41) is 14.1. The average Bonchev–Trinajstić information content (AvgIpc) is 3.37. The Kier molecular flexibility index (Phi) is 5.31. The van der Waals surface area contributed by atoms with Crippen molar-refractivity contribution in [3.8, 4) is 0 Å². The van der Waals surface area contributed by atoms with Gasteiger partial charge >= 0.3 is 0 Å². The number of anilines is 3. The highest BCUT2D eigenvalue weighted by molar-refractivity contribution is 6.36.